The van der Waals surface area contributed by atoms with E-state index in [1.165, 1.54) is 4.90 Å². The van der Waals surface area contributed by atoms with E-state index in [4.69, 9.17) is 0 Å². The summed E-state index contributed by atoms with van der Waals surface area (Å²) in [6, 6.07) is 7.76. The Morgan fingerprint density at radius 3 is 2.40 bits per heavy atom. The largest absolute Gasteiger partial charge is 0.295 e. The van der Waals surface area contributed by atoms with Gasteiger partial charge in [-0.05, 0) is 19.1 Å². The van der Waals surface area contributed by atoms with Crippen LogP contribution in [-0.2, 0) is 11.2 Å². The second-order valence-electron chi connectivity index (χ2n) is 5.75. The number of carbonyl (C=O) groups excluding carboxylic acids is 1. The highest BCUT2D eigenvalue weighted by Gasteiger charge is 2.17. The first-order chi connectivity index (χ1) is 9.36. The molecule has 0 saturated heterocycles. The van der Waals surface area contributed by atoms with Gasteiger partial charge in [-0.3, -0.25) is 4.79 Å². The lowest BCUT2D eigenvalue weighted by Gasteiger charge is -2.14. The molecule has 0 aliphatic heterocycles. The van der Waals surface area contributed by atoms with Crippen molar-refractivity contribution in [3.8, 4) is 0 Å². The van der Waals surface area contributed by atoms with Crippen molar-refractivity contribution >= 4 is 28.9 Å². The Morgan fingerprint density at radius 1 is 1.25 bits per heavy atom. The van der Waals surface area contributed by atoms with Gasteiger partial charge in [-0.1, -0.05) is 32.9 Å². The third kappa shape index (κ3) is 3.93. The van der Waals surface area contributed by atoms with Gasteiger partial charge in [0, 0.05) is 21.3 Å². The van der Waals surface area contributed by atoms with Gasteiger partial charge in [-0.25, -0.2) is 4.98 Å². The first-order valence-corrected chi connectivity index (χ1v) is 8.41. The van der Waals surface area contributed by atoms with Crippen molar-refractivity contribution in [1.82, 2.24) is 4.98 Å². The van der Waals surface area contributed by atoms with Crippen LogP contribution in [0.25, 0.3) is 0 Å². The highest BCUT2D eigenvalue weighted by molar-refractivity contribution is 7.98. The van der Waals surface area contributed by atoms with Gasteiger partial charge in [-0.15, -0.1) is 23.1 Å². The minimum atomic E-state index is 0.108. The molecule has 0 N–H and O–H groups in total. The minimum absolute atomic E-state index is 0.108. The number of ketones is 1. The van der Waals surface area contributed by atoms with Crippen LogP contribution in [0.5, 0.6) is 0 Å². The maximum Gasteiger partial charge on any atom is 0.159 e. The average molecular weight is 305 g/mol. The zero-order valence-corrected chi connectivity index (χ0v) is 13.9. The molecule has 2 nitrogen and oxygen atoms in total. The van der Waals surface area contributed by atoms with Gasteiger partial charge < -0.3 is 0 Å². The van der Waals surface area contributed by atoms with Gasteiger partial charge in [0.15, 0.2) is 5.78 Å². The maximum atomic E-state index is 11.2. The maximum absolute atomic E-state index is 11.2. The van der Waals surface area contributed by atoms with E-state index in [0.29, 0.717) is 0 Å². The van der Waals surface area contributed by atoms with Crippen LogP contribution in [0.2, 0.25) is 0 Å². The number of nitrogens with zero attached hydrogens (tertiary/aromatic N) is 1. The van der Waals surface area contributed by atoms with E-state index in [9.17, 15) is 4.79 Å². The quantitative estimate of drug-likeness (QED) is 0.592. The van der Waals surface area contributed by atoms with Crippen molar-refractivity contribution in [2.75, 3.05) is 0 Å². The molecular formula is C16H19NOS2. The van der Waals surface area contributed by atoms with Crippen LogP contribution in [0, 0.1) is 0 Å². The van der Waals surface area contributed by atoms with E-state index in [-0.39, 0.29) is 11.2 Å². The van der Waals surface area contributed by atoms with Gasteiger partial charge in [0.2, 0.25) is 0 Å². The predicted molar refractivity (Wildman–Crippen MR) is 86.8 cm³/mol. The van der Waals surface area contributed by atoms with Gasteiger partial charge in [0.05, 0.1) is 11.4 Å². The highest BCUT2D eigenvalue weighted by Crippen LogP contribution is 2.28. The second kappa shape index (κ2) is 6.10. The summed E-state index contributed by atoms with van der Waals surface area (Å²) in [4.78, 5) is 17.1. The molecule has 0 bridgehead atoms. The molecule has 0 saturated carbocycles. The summed E-state index contributed by atoms with van der Waals surface area (Å²) < 4.78 is 0. The molecule has 2 aromatic rings. The molecule has 0 amide bonds. The van der Waals surface area contributed by atoms with Crippen molar-refractivity contribution in [3.05, 3.63) is 45.9 Å². The van der Waals surface area contributed by atoms with Crippen LogP contribution in [0.1, 0.15) is 48.8 Å². The van der Waals surface area contributed by atoms with Crippen molar-refractivity contribution in [2.24, 2.45) is 0 Å². The molecule has 1 aromatic heterocycles. The van der Waals surface area contributed by atoms with Crippen molar-refractivity contribution in [1.29, 1.82) is 0 Å². The Labute approximate surface area is 128 Å². The molecule has 4 heteroatoms. The Morgan fingerprint density at radius 2 is 1.90 bits per heavy atom. The lowest BCUT2D eigenvalue weighted by atomic mass is 9.93. The molecule has 106 valence electrons. The van der Waals surface area contributed by atoms with Gasteiger partial charge in [0.25, 0.3) is 0 Å². The second-order valence-corrected chi connectivity index (χ2v) is 7.74. The lowest BCUT2D eigenvalue weighted by Crippen LogP contribution is -2.11. The molecular weight excluding hydrogens is 286 g/mol. The van der Waals surface area contributed by atoms with E-state index in [0.717, 1.165) is 22.0 Å². The van der Waals surface area contributed by atoms with Crippen LogP contribution >= 0.6 is 23.1 Å². The van der Waals surface area contributed by atoms with Gasteiger partial charge in [-0.2, -0.15) is 0 Å². The number of carbonyl (C=O) groups is 1. The number of rotatable bonds is 4. The zero-order chi connectivity index (χ0) is 14.8. The number of hydrogen-bond acceptors (Lipinski definition) is 4. The molecule has 1 heterocycles. The lowest BCUT2D eigenvalue weighted by molar-refractivity contribution is 0.101. The fraction of sp³-hybridized carbons (Fsp3) is 0.375. The van der Waals surface area contributed by atoms with Crippen molar-refractivity contribution in [2.45, 2.75) is 43.8 Å². The Kier molecular flexibility index (Phi) is 4.66. The number of hydrogen-bond donors (Lipinski definition) is 0. The summed E-state index contributed by atoms with van der Waals surface area (Å²) in [5, 5.41) is 3.30. The third-order valence-electron chi connectivity index (χ3n) is 2.94. The summed E-state index contributed by atoms with van der Waals surface area (Å²) in [6.07, 6.45) is 0. The standard InChI is InChI=1S/C16H19NOS2/c1-11(18)12-5-7-13(8-6-12)19-10-15-17-14(9-20-15)16(2,3)4/h5-9H,10H2,1-4H3. The SMILES string of the molecule is CC(=O)c1ccc(SCc2nc(C(C)(C)C)cs2)cc1. The van der Waals surface area contributed by atoms with E-state index < -0.39 is 0 Å². The van der Waals surface area contributed by atoms with Crippen LogP contribution in [0.15, 0.2) is 34.5 Å². The fourth-order valence-electron chi connectivity index (χ4n) is 1.65. The first kappa shape index (κ1) is 15.3. The monoisotopic (exact) mass is 305 g/mol. The molecule has 0 radical (unpaired) electrons. The smallest absolute Gasteiger partial charge is 0.159 e. The fourth-order valence-corrected chi connectivity index (χ4v) is 3.59. The highest BCUT2D eigenvalue weighted by atomic mass is 32.2. The molecule has 0 atom stereocenters. The van der Waals surface area contributed by atoms with Crippen molar-refractivity contribution < 1.29 is 4.79 Å². The number of Topliss-reactive ketones (excluding diaryl/α,β-unsaturated/α-hetero) is 1. The molecule has 0 aliphatic carbocycles. The van der Waals surface area contributed by atoms with Crippen LogP contribution < -0.4 is 0 Å². The predicted octanol–water partition coefficient (Wildman–Crippen LogP) is 4.94. The first-order valence-electron chi connectivity index (χ1n) is 6.55. The van der Waals surface area contributed by atoms with Gasteiger partial charge in [0.1, 0.15) is 5.01 Å². The molecule has 0 spiro atoms. The number of benzene rings is 1. The van der Waals surface area contributed by atoms with Crippen LogP contribution in [0.4, 0.5) is 0 Å². The van der Waals surface area contributed by atoms with E-state index in [2.05, 4.69) is 31.1 Å². The Hall–Kier alpha value is -1.13. The zero-order valence-electron chi connectivity index (χ0n) is 12.3. The van der Waals surface area contributed by atoms with E-state index >= 15 is 0 Å². The molecule has 2 rings (SSSR count). The summed E-state index contributed by atoms with van der Waals surface area (Å²) in [6.45, 7) is 8.13. The van der Waals surface area contributed by atoms with E-state index in [1.54, 1.807) is 30.0 Å². The van der Waals surface area contributed by atoms with E-state index in [1.807, 2.05) is 24.3 Å². The summed E-state index contributed by atoms with van der Waals surface area (Å²) >= 11 is 3.47. The van der Waals surface area contributed by atoms with Crippen molar-refractivity contribution in [3.63, 3.8) is 0 Å². The number of thiazole rings is 1. The minimum Gasteiger partial charge on any atom is -0.295 e. The molecule has 0 fully saturated rings. The molecule has 0 unspecified atom stereocenters. The number of thioether (sulfide) groups is 1. The molecule has 1 aromatic carbocycles. The summed E-state index contributed by atoms with van der Waals surface area (Å²) in [5.41, 5.74) is 2.03. The van der Waals surface area contributed by atoms with Gasteiger partial charge >= 0.3 is 0 Å². The Bertz CT molecular complexity index is 594. The molecule has 20 heavy (non-hydrogen) atoms. The normalized spacial score (nSPS) is 11.6. The topological polar surface area (TPSA) is 30.0 Å². The summed E-state index contributed by atoms with van der Waals surface area (Å²) in [7, 11) is 0. The third-order valence-corrected chi connectivity index (χ3v) is 5.00. The van der Waals surface area contributed by atoms with Crippen LogP contribution in [-0.4, -0.2) is 10.8 Å². The summed E-state index contributed by atoms with van der Waals surface area (Å²) in [5.74, 6) is 0.983. The average Bonchev–Trinajstić information content (AvgIpc) is 2.85. The van der Waals surface area contributed by atoms with Crippen LogP contribution in [0.3, 0.4) is 0 Å². The Balaban J connectivity index is 1.98. The molecule has 0 aliphatic rings. The number of aromatic nitrogens is 1.